The van der Waals surface area contributed by atoms with E-state index in [4.69, 9.17) is 4.74 Å². The molecular formula is C20H22N2O3. The molecule has 2 aromatic rings. The fraction of sp³-hybridized carbons (Fsp3) is 0.200. The number of ether oxygens (including phenoxy) is 1. The van der Waals surface area contributed by atoms with Crippen molar-refractivity contribution in [3.8, 4) is 5.75 Å². The lowest BCUT2D eigenvalue weighted by atomic mass is 10.1. The second-order valence-corrected chi connectivity index (χ2v) is 5.84. The van der Waals surface area contributed by atoms with Crippen LogP contribution in [0.2, 0.25) is 0 Å². The van der Waals surface area contributed by atoms with Gasteiger partial charge in [-0.3, -0.25) is 20.4 Å². The Balaban J connectivity index is 1.75. The van der Waals surface area contributed by atoms with E-state index < -0.39 is 11.8 Å². The predicted octanol–water partition coefficient (Wildman–Crippen LogP) is 2.85. The fourth-order valence-electron chi connectivity index (χ4n) is 2.16. The van der Waals surface area contributed by atoms with Crippen LogP contribution in [0.15, 0.2) is 48.5 Å². The van der Waals surface area contributed by atoms with Gasteiger partial charge in [-0.25, -0.2) is 0 Å². The number of aryl methyl sites for hydroxylation is 3. The van der Waals surface area contributed by atoms with Crippen molar-refractivity contribution in [1.29, 1.82) is 0 Å². The maximum absolute atomic E-state index is 11.7. The van der Waals surface area contributed by atoms with Gasteiger partial charge in [0.1, 0.15) is 5.75 Å². The topological polar surface area (TPSA) is 67.4 Å². The van der Waals surface area contributed by atoms with Crippen molar-refractivity contribution in [1.82, 2.24) is 10.9 Å². The lowest BCUT2D eigenvalue weighted by Gasteiger charge is -2.10. The van der Waals surface area contributed by atoms with Gasteiger partial charge < -0.3 is 4.74 Å². The minimum absolute atomic E-state index is 0.175. The van der Waals surface area contributed by atoms with Crippen molar-refractivity contribution in [3.63, 3.8) is 0 Å². The summed E-state index contributed by atoms with van der Waals surface area (Å²) in [5.41, 5.74) is 8.77. The van der Waals surface area contributed by atoms with Crippen LogP contribution >= 0.6 is 0 Å². The van der Waals surface area contributed by atoms with Gasteiger partial charge in [-0.1, -0.05) is 47.5 Å². The number of rotatable bonds is 5. The molecule has 2 rings (SSSR count). The Morgan fingerprint density at radius 1 is 0.960 bits per heavy atom. The third-order valence-electron chi connectivity index (χ3n) is 3.52. The van der Waals surface area contributed by atoms with Crippen LogP contribution in [0.5, 0.6) is 5.75 Å². The van der Waals surface area contributed by atoms with Gasteiger partial charge >= 0.3 is 0 Å². The van der Waals surface area contributed by atoms with Gasteiger partial charge in [0.05, 0.1) is 0 Å². The number of hydrogen-bond donors (Lipinski definition) is 2. The standard InChI is InChI=1S/C20H22N2O3/c1-14-4-7-17(8-5-14)9-11-19(23)21-22-20(24)13-25-18-10-6-15(2)12-16(18)3/h4-12H,13H2,1-3H3,(H,21,23)(H,22,24). The summed E-state index contributed by atoms with van der Waals surface area (Å²) in [5, 5.41) is 0. The summed E-state index contributed by atoms with van der Waals surface area (Å²) in [6.07, 6.45) is 3.03. The Hall–Kier alpha value is -3.08. The third-order valence-corrected chi connectivity index (χ3v) is 3.52. The van der Waals surface area contributed by atoms with E-state index in [1.165, 1.54) is 6.08 Å². The van der Waals surface area contributed by atoms with Crippen molar-refractivity contribution in [2.75, 3.05) is 6.61 Å². The van der Waals surface area contributed by atoms with Crippen LogP contribution in [0.3, 0.4) is 0 Å². The van der Waals surface area contributed by atoms with E-state index in [-0.39, 0.29) is 6.61 Å². The molecule has 25 heavy (non-hydrogen) atoms. The molecule has 0 aliphatic carbocycles. The molecule has 130 valence electrons. The number of hydrazine groups is 1. The molecule has 0 saturated carbocycles. The number of benzene rings is 2. The number of amides is 2. The Labute approximate surface area is 147 Å². The molecule has 0 aromatic heterocycles. The lowest BCUT2D eigenvalue weighted by Crippen LogP contribution is -2.43. The molecule has 0 fully saturated rings. The number of carbonyl (C=O) groups excluding carboxylic acids is 2. The van der Waals surface area contributed by atoms with Crippen molar-refractivity contribution >= 4 is 17.9 Å². The summed E-state index contributed by atoms with van der Waals surface area (Å²) >= 11 is 0. The highest BCUT2D eigenvalue weighted by Gasteiger charge is 2.05. The van der Waals surface area contributed by atoms with E-state index in [1.807, 2.05) is 63.2 Å². The number of carbonyl (C=O) groups is 2. The van der Waals surface area contributed by atoms with Crippen molar-refractivity contribution in [3.05, 3.63) is 70.8 Å². The van der Waals surface area contributed by atoms with Gasteiger partial charge in [0.15, 0.2) is 6.61 Å². The summed E-state index contributed by atoms with van der Waals surface area (Å²) in [5.74, 6) is -0.205. The zero-order valence-corrected chi connectivity index (χ0v) is 14.6. The first kappa shape index (κ1) is 18.3. The van der Waals surface area contributed by atoms with Crippen molar-refractivity contribution in [2.24, 2.45) is 0 Å². The van der Waals surface area contributed by atoms with Crippen molar-refractivity contribution in [2.45, 2.75) is 20.8 Å². The summed E-state index contributed by atoms with van der Waals surface area (Å²) in [4.78, 5) is 23.4. The Bertz CT molecular complexity index is 780. The van der Waals surface area contributed by atoms with Gasteiger partial charge in [0, 0.05) is 6.08 Å². The molecule has 5 heteroatoms. The molecule has 0 unspecified atom stereocenters. The van der Waals surface area contributed by atoms with E-state index in [1.54, 1.807) is 6.08 Å². The van der Waals surface area contributed by atoms with Gasteiger partial charge in [-0.15, -0.1) is 0 Å². The Morgan fingerprint density at radius 3 is 2.32 bits per heavy atom. The molecule has 0 aliphatic rings. The Morgan fingerprint density at radius 2 is 1.64 bits per heavy atom. The van der Waals surface area contributed by atoms with E-state index in [9.17, 15) is 9.59 Å². The average molecular weight is 338 g/mol. The second kappa shape index (κ2) is 8.68. The van der Waals surface area contributed by atoms with Crippen molar-refractivity contribution < 1.29 is 14.3 Å². The minimum Gasteiger partial charge on any atom is -0.483 e. The van der Waals surface area contributed by atoms with E-state index in [0.717, 1.165) is 22.3 Å². The van der Waals surface area contributed by atoms with Gasteiger partial charge in [0.25, 0.3) is 11.8 Å². The second-order valence-electron chi connectivity index (χ2n) is 5.84. The quantitative estimate of drug-likeness (QED) is 0.651. The van der Waals surface area contributed by atoms with Gasteiger partial charge in [-0.2, -0.15) is 0 Å². The molecule has 5 nitrogen and oxygen atoms in total. The van der Waals surface area contributed by atoms with Crippen LogP contribution in [-0.2, 0) is 9.59 Å². The predicted molar refractivity (Wildman–Crippen MR) is 97.9 cm³/mol. The summed E-state index contributed by atoms with van der Waals surface area (Å²) in [6, 6.07) is 13.5. The van der Waals surface area contributed by atoms with Gasteiger partial charge in [-0.05, 0) is 44.0 Å². The summed E-state index contributed by atoms with van der Waals surface area (Å²) in [6.45, 7) is 5.72. The highest BCUT2D eigenvalue weighted by molar-refractivity contribution is 5.93. The smallest absolute Gasteiger partial charge is 0.276 e. The summed E-state index contributed by atoms with van der Waals surface area (Å²) < 4.78 is 5.44. The summed E-state index contributed by atoms with van der Waals surface area (Å²) in [7, 11) is 0. The molecule has 0 spiro atoms. The first-order chi connectivity index (χ1) is 11.9. The molecule has 0 radical (unpaired) electrons. The largest absolute Gasteiger partial charge is 0.483 e. The maximum atomic E-state index is 11.7. The third kappa shape index (κ3) is 6.14. The van der Waals surface area contributed by atoms with Crippen LogP contribution in [-0.4, -0.2) is 18.4 Å². The van der Waals surface area contributed by atoms with Crippen LogP contribution in [0, 0.1) is 20.8 Å². The first-order valence-corrected chi connectivity index (χ1v) is 7.97. The zero-order valence-electron chi connectivity index (χ0n) is 14.6. The van der Waals surface area contributed by atoms with Gasteiger partial charge in [0.2, 0.25) is 0 Å². The Kier molecular flexibility index (Phi) is 6.34. The van der Waals surface area contributed by atoms with E-state index in [0.29, 0.717) is 5.75 Å². The molecule has 2 aromatic carbocycles. The lowest BCUT2D eigenvalue weighted by molar-refractivity contribution is -0.128. The number of nitrogens with one attached hydrogen (secondary N) is 2. The minimum atomic E-state index is -0.433. The fourth-order valence-corrected chi connectivity index (χ4v) is 2.16. The molecular weight excluding hydrogens is 316 g/mol. The zero-order chi connectivity index (χ0) is 18.2. The van der Waals surface area contributed by atoms with E-state index in [2.05, 4.69) is 10.9 Å². The van der Waals surface area contributed by atoms with Crippen LogP contribution < -0.4 is 15.6 Å². The van der Waals surface area contributed by atoms with Crippen LogP contribution in [0.1, 0.15) is 22.3 Å². The highest BCUT2D eigenvalue weighted by Crippen LogP contribution is 2.18. The molecule has 0 saturated heterocycles. The molecule has 0 atom stereocenters. The number of hydrogen-bond acceptors (Lipinski definition) is 3. The molecule has 2 amide bonds. The van der Waals surface area contributed by atoms with Crippen LogP contribution in [0.25, 0.3) is 6.08 Å². The monoisotopic (exact) mass is 338 g/mol. The normalized spacial score (nSPS) is 10.5. The maximum Gasteiger partial charge on any atom is 0.276 e. The highest BCUT2D eigenvalue weighted by atomic mass is 16.5. The van der Waals surface area contributed by atoms with Crippen LogP contribution in [0.4, 0.5) is 0 Å². The average Bonchev–Trinajstić information content (AvgIpc) is 2.58. The first-order valence-electron chi connectivity index (χ1n) is 7.97. The van der Waals surface area contributed by atoms with E-state index >= 15 is 0 Å². The molecule has 0 bridgehead atoms. The molecule has 0 heterocycles. The SMILES string of the molecule is Cc1ccc(C=CC(=O)NNC(=O)COc2ccc(C)cc2C)cc1. The molecule has 2 N–H and O–H groups in total. The molecule has 0 aliphatic heterocycles.